The number of hydrogen-bond donors (Lipinski definition) is 2. The minimum absolute atomic E-state index is 0.220. The second-order valence-electron chi connectivity index (χ2n) is 6.41. The van der Waals surface area contributed by atoms with Gasteiger partial charge in [0.1, 0.15) is 11.4 Å². The zero-order valence-electron chi connectivity index (χ0n) is 13.8. The van der Waals surface area contributed by atoms with Crippen LogP contribution in [0.15, 0.2) is 42.5 Å². The molecule has 0 aliphatic carbocycles. The first-order valence-electron chi connectivity index (χ1n) is 8.00. The van der Waals surface area contributed by atoms with Crippen molar-refractivity contribution in [3.63, 3.8) is 0 Å². The number of hydrogen-bond acceptors (Lipinski definition) is 2. The number of amides is 2. The van der Waals surface area contributed by atoms with Crippen molar-refractivity contribution < 1.29 is 14.3 Å². The molecule has 3 rings (SSSR count). The molecule has 0 unspecified atom stereocenters. The topological polar surface area (TPSA) is 52.6 Å². The Labute approximate surface area is 140 Å². The molecule has 0 radical (unpaired) electrons. The molecule has 2 aromatic carbocycles. The number of rotatable bonds is 2. The van der Waals surface area contributed by atoms with E-state index in [4.69, 9.17) is 0 Å². The van der Waals surface area contributed by atoms with Gasteiger partial charge in [-0.15, -0.1) is 0 Å². The molecule has 0 aromatic heterocycles. The molecule has 1 aliphatic rings. The summed E-state index contributed by atoms with van der Waals surface area (Å²) >= 11 is 0. The third kappa shape index (κ3) is 3.12. The van der Waals surface area contributed by atoms with Crippen LogP contribution < -0.4 is 5.32 Å². The monoisotopic (exact) mass is 328 g/mol. The zero-order valence-corrected chi connectivity index (χ0v) is 13.8. The number of urea groups is 1. The largest absolute Gasteiger partial charge is 0.383 e. The molecule has 5 heteroatoms. The Kier molecular flexibility index (Phi) is 4.28. The minimum atomic E-state index is -1.04. The Morgan fingerprint density at radius 3 is 2.67 bits per heavy atom. The van der Waals surface area contributed by atoms with Crippen LogP contribution in [0.2, 0.25) is 0 Å². The van der Waals surface area contributed by atoms with Gasteiger partial charge in [0.05, 0.1) is 6.54 Å². The van der Waals surface area contributed by atoms with Gasteiger partial charge in [-0.2, -0.15) is 0 Å². The Morgan fingerprint density at radius 2 is 1.96 bits per heavy atom. The summed E-state index contributed by atoms with van der Waals surface area (Å²) in [5.74, 6) is -0.356. The molecule has 1 fully saturated rings. The average Bonchev–Trinajstić information content (AvgIpc) is 2.95. The quantitative estimate of drug-likeness (QED) is 0.885. The highest BCUT2D eigenvalue weighted by Crippen LogP contribution is 2.34. The van der Waals surface area contributed by atoms with Crippen molar-refractivity contribution in [3.8, 4) is 0 Å². The van der Waals surface area contributed by atoms with Crippen LogP contribution in [-0.4, -0.2) is 29.1 Å². The summed E-state index contributed by atoms with van der Waals surface area (Å²) in [6, 6.07) is 11.9. The van der Waals surface area contributed by atoms with Crippen LogP contribution in [0.4, 0.5) is 14.9 Å². The number of aryl methyl sites for hydroxylation is 2. The average molecular weight is 328 g/mol. The van der Waals surface area contributed by atoms with Crippen molar-refractivity contribution in [2.24, 2.45) is 0 Å². The highest BCUT2D eigenvalue weighted by Gasteiger charge is 2.40. The molecular weight excluding hydrogens is 307 g/mol. The van der Waals surface area contributed by atoms with Gasteiger partial charge in [-0.3, -0.25) is 0 Å². The Morgan fingerprint density at radius 1 is 1.21 bits per heavy atom. The normalized spacial score (nSPS) is 20.2. The first-order chi connectivity index (χ1) is 11.4. The van der Waals surface area contributed by atoms with Gasteiger partial charge in [-0.25, -0.2) is 9.18 Å². The van der Waals surface area contributed by atoms with E-state index in [1.165, 1.54) is 6.07 Å². The van der Waals surface area contributed by atoms with Gasteiger partial charge < -0.3 is 15.3 Å². The van der Waals surface area contributed by atoms with Crippen LogP contribution in [0, 0.1) is 19.7 Å². The molecule has 1 heterocycles. The Balaban J connectivity index is 1.72. The predicted octanol–water partition coefficient (Wildman–Crippen LogP) is 3.57. The molecule has 2 N–H and O–H groups in total. The maximum atomic E-state index is 13.6. The number of nitrogens with zero attached hydrogens (tertiary/aromatic N) is 1. The van der Waals surface area contributed by atoms with Crippen molar-refractivity contribution in [2.45, 2.75) is 25.9 Å². The summed E-state index contributed by atoms with van der Waals surface area (Å²) in [4.78, 5) is 14.0. The summed E-state index contributed by atoms with van der Waals surface area (Å²) < 4.78 is 13.6. The molecular formula is C19H21FN2O2. The summed E-state index contributed by atoms with van der Waals surface area (Å²) in [6.07, 6.45) is 0.480. The van der Waals surface area contributed by atoms with E-state index in [1.807, 2.05) is 31.2 Å². The fourth-order valence-corrected chi connectivity index (χ4v) is 3.16. The lowest BCUT2D eigenvalue weighted by atomic mass is 9.89. The van der Waals surface area contributed by atoms with Crippen molar-refractivity contribution in [2.75, 3.05) is 18.4 Å². The van der Waals surface area contributed by atoms with E-state index < -0.39 is 5.60 Å². The molecule has 1 saturated heterocycles. The van der Waals surface area contributed by atoms with Gasteiger partial charge in [0, 0.05) is 12.2 Å². The molecule has 2 aromatic rings. The van der Waals surface area contributed by atoms with E-state index in [0.29, 0.717) is 24.2 Å². The number of aliphatic hydroxyl groups is 1. The third-order valence-corrected chi connectivity index (χ3v) is 4.60. The fourth-order valence-electron chi connectivity index (χ4n) is 3.16. The van der Waals surface area contributed by atoms with Crippen molar-refractivity contribution in [1.29, 1.82) is 0 Å². The Hall–Kier alpha value is -2.40. The summed E-state index contributed by atoms with van der Waals surface area (Å²) in [6.45, 7) is 4.29. The highest BCUT2D eigenvalue weighted by molar-refractivity contribution is 5.89. The first kappa shape index (κ1) is 16.5. The van der Waals surface area contributed by atoms with Gasteiger partial charge in [0.25, 0.3) is 0 Å². The second kappa shape index (κ2) is 6.24. The van der Waals surface area contributed by atoms with E-state index in [0.717, 1.165) is 11.1 Å². The number of carbonyl (C=O) groups excluding carboxylic acids is 1. The van der Waals surface area contributed by atoms with Gasteiger partial charge in [0.2, 0.25) is 0 Å². The molecule has 1 atom stereocenters. The van der Waals surface area contributed by atoms with Gasteiger partial charge in [0.15, 0.2) is 0 Å². The van der Waals surface area contributed by atoms with Crippen molar-refractivity contribution in [1.82, 2.24) is 4.90 Å². The lowest BCUT2D eigenvalue weighted by Gasteiger charge is -2.25. The van der Waals surface area contributed by atoms with E-state index in [2.05, 4.69) is 5.32 Å². The summed E-state index contributed by atoms with van der Waals surface area (Å²) in [5.41, 5.74) is 1.75. The molecule has 4 nitrogen and oxygen atoms in total. The molecule has 0 bridgehead atoms. The number of likely N-dealkylation sites (tertiary alicyclic amines) is 1. The first-order valence-corrected chi connectivity index (χ1v) is 8.00. The molecule has 126 valence electrons. The fraction of sp³-hybridized carbons (Fsp3) is 0.316. The molecule has 2 amide bonds. The molecule has 24 heavy (non-hydrogen) atoms. The minimum Gasteiger partial charge on any atom is -0.383 e. The lowest BCUT2D eigenvalue weighted by Crippen LogP contribution is -2.37. The third-order valence-electron chi connectivity index (χ3n) is 4.60. The maximum Gasteiger partial charge on any atom is 0.321 e. The van der Waals surface area contributed by atoms with E-state index in [-0.39, 0.29) is 18.4 Å². The van der Waals surface area contributed by atoms with E-state index in [9.17, 15) is 14.3 Å². The zero-order chi connectivity index (χ0) is 17.3. The maximum absolute atomic E-state index is 13.6. The van der Waals surface area contributed by atoms with Crippen LogP contribution in [0.5, 0.6) is 0 Å². The Bertz CT molecular complexity index is 778. The highest BCUT2D eigenvalue weighted by atomic mass is 19.1. The number of halogens is 1. The molecule has 1 aliphatic heterocycles. The summed E-state index contributed by atoms with van der Waals surface area (Å²) in [5, 5.41) is 13.6. The molecule has 0 spiro atoms. The van der Waals surface area contributed by atoms with E-state index in [1.54, 1.807) is 24.0 Å². The number of benzene rings is 2. The number of β-amino-alcohol motifs (C(OH)–C–C–N with tert-alkyl or cyclic N) is 1. The van der Waals surface area contributed by atoms with Crippen LogP contribution in [-0.2, 0) is 5.60 Å². The van der Waals surface area contributed by atoms with Crippen molar-refractivity contribution in [3.05, 3.63) is 65.0 Å². The standard InChI is InChI=1S/C19H21FN2O2/c1-13-5-3-4-6-16(13)19(24)9-10-22(12-19)18(23)21-15-8-7-14(2)17(20)11-15/h3-8,11,24H,9-10,12H2,1-2H3,(H,21,23)/t19-/m1/s1. The van der Waals surface area contributed by atoms with Crippen LogP contribution in [0.3, 0.4) is 0 Å². The van der Waals surface area contributed by atoms with Gasteiger partial charge in [-0.05, 0) is 49.1 Å². The molecule has 0 saturated carbocycles. The number of anilines is 1. The smallest absolute Gasteiger partial charge is 0.321 e. The lowest BCUT2D eigenvalue weighted by molar-refractivity contribution is 0.0494. The predicted molar refractivity (Wildman–Crippen MR) is 91.4 cm³/mol. The van der Waals surface area contributed by atoms with Gasteiger partial charge >= 0.3 is 6.03 Å². The van der Waals surface area contributed by atoms with Crippen LogP contribution >= 0.6 is 0 Å². The SMILES string of the molecule is Cc1ccc(NC(=O)N2CC[C@](O)(c3ccccc3C)C2)cc1F. The summed E-state index contributed by atoms with van der Waals surface area (Å²) in [7, 11) is 0. The van der Waals surface area contributed by atoms with Crippen LogP contribution in [0.1, 0.15) is 23.1 Å². The second-order valence-corrected chi connectivity index (χ2v) is 6.41. The number of carbonyl (C=O) groups is 1. The van der Waals surface area contributed by atoms with Crippen molar-refractivity contribution >= 4 is 11.7 Å². The van der Waals surface area contributed by atoms with Crippen LogP contribution in [0.25, 0.3) is 0 Å². The van der Waals surface area contributed by atoms with Gasteiger partial charge in [-0.1, -0.05) is 30.3 Å². The van der Waals surface area contributed by atoms with E-state index >= 15 is 0 Å². The number of nitrogens with one attached hydrogen (secondary N) is 1.